The Morgan fingerprint density at radius 1 is 1.00 bits per heavy atom. The Balaban J connectivity index is 1.49. The Kier molecular flexibility index (Phi) is 8.25. The van der Waals surface area contributed by atoms with Crippen LogP contribution in [0.15, 0.2) is 53.4 Å². The van der Waals surface area contributed by atoms with Gasteiger partial charge >= 0.3 is 0 Å². The Hall–Kier alpha value is -2.25. The van der Waals surface area contributed by atoms with E-state index in [-0.39, 0.29) is 30.3 Å². The van der Waals surface area contributed by atoms with E-state index in [0.29, 0.717) is 52.2 Å². The zero-order valence-corrected chi connectivity index (χ0v) is 22.2. The summed E-state index contributed by atoms with van der Waals surface area (Å²) in [7, 11) is -3.98. The lowest BCUT2D eigenvalue weighted by Gasteiger charge is -2.37. The van der Waals surface area contributed by atoms with E-state index >= 15 is 0 Å². The maximum absolute atomic E-state index is 13.3. The minimum absolute atomic E-state index is 0.00216. The molecule has 208 valence electrons. The molecule has 2 aromatic carbocycles. The van der Waals surface area contributed by atoms with Crippen LogP contribution < -0.4 is 14.4 Å². The van der Waals surface area contributed by atoms with Crippen molar-refractivity contribution in [3.8, 4) is 5.75 Å². The highest BCUT2D eigenvalue weighted by Gasteiger charge is 2.46. The summed E-state index contributed by atoms with van der Waals surface area (Å²) in [6.45, 7) is 3.70. The van der Waals surface area contributed by atoms with Gasteiger partial charge in [-0.1, -0.05) is 30.3 Å². The predicted octanol–water partition coefficient (Wildman–Crippen LogP) is 0.559. The fourth-order valence-corrected chi connectivity index (χ4v) is 6.96. The molecule has 0 radical (unpaired) electrons. The molecule has 2 aliphatic heterocycles. The summed E-state index contributed by atoms with van der Waals surface area (Å²) in [6.07, 6.45) is -2.16. The summed E-state index contributed by atoms with van der Waals surface area (Å²) >= 11 is 0. The highest BCUT2D eigenvalue weighted by Crippen LogP contribution is 2.41. The second-order valence-electron chi connectivity index (χ2n) is 10.7. The molecule has 2 heterocycles. The number of β-amino-alcohol motifs (C(OH)–C–C–N with tert-alkyl or cyclic N) is 1. The summed E-state index contributed by atoms with van der Waals surface area (Å²) in [5, 5.41) is 31.9. The number of aliphatic hydroxyl groups is 3. The average Bonchev–Trinajstić information content (AvgIpc) is 3.19. The van der Waals surface area contributed by atoms with Crippen molar-refractivity contribution in [2.45, 2.75) is 42.6 Å². The van der Waals surface area contributed by atoms with Gasteiger partial charge in [-0.05, 0) is 30.5 Å². The molecule has 4 atom stereocenters. The van der Waals surface area contributed by atoms with Crippen LogP contribution in [0, 0.1) is 5.41 Å². The van der Waals surface area contributed by atoms with Gasteiger partial charge in [0.2, 0.25) is 10.0 Å². The molecular formula is C27H37N3O7S. The lowest BCUT2D eigenvalue weighted by Crippen LogP contribution is -2.46. The maximum atomic E-state index is 13.3. The number of nitrogens with one attached hydrogen (secondary N) is 1. The fourth-order valence-electron chi connectivity index (χ4n) is 5.76. The zero-order valence-electron chi connectivity index (χ0n) is 21.4. The second kappa shape index (κ2) is 11.5. The summed E-state index contributed by atoms with van der Waals surface area (Å²) in [5.74, 6) is 0.210. The molecule has 1 aliphatic carbocycles. The quantitative estimate of drug-likeness (QED) is 0.435. The number of nitrogens with zero attached hydrogens (tertiary/aromatic N) is 2. The van der Waals surface area contributed by atoms with Gasteiger partial charge in [-0.3, -0.25) is 4.90 Å². The van der Waals surface area contributed by atoms with E-state index in [1.165, 1.54) is 6.07 Å². The average molecular weight is 548 g/mol. The van der Waals surface area contributed by atoms with E-state index in [9.17, 15) is 23.7 Å². The predicted molar refractivity (Wildman–Crippen MR) is 142 cm³/mol. The molecule has 1 saturated heterocycles. The van der Waals surface area contributed by atoms with Gasteiger partial charge in [0, 0.05) is 56.4 Å². The number of ether oxygens (including phenoxy) is 2. The normalized spacial score (nSPS) is 30.7. The summed E-state index contributed by atoms with van der Waals surface area (Å²) < 4.78 is 40.9. The molecule has 0 amide bonds. The number of hydrogen-bond acceptors (Lipinski definition) is 9. The Bertz CT molecular complexity index is 1180. The molecule has 1 saturated carbocycles. The van der Waals surface area contributed by atoms with Gasteiger partial charge in [0.15, 0.2) is 0 Å². The van der Waals surface area contributed by atoms with Crippen molar-refractivity contribution in [1.29, 1.82) is 0 Å². The van der Waals surface area contributed by atoms with E-state index in [1.54, 1.807) is 12.1 Å². The molecule has 10 nitrogen and oxygen atoms in total. The van der Waals surface area contributed by atoms with E-state index < -0.39 is 33.8 Å². The van der Waals surface area contributed by atoms with Crippen molar-refractivity contribution >= 4 is 15.7 Å². The van der Waals surface area contributed by atoms with Crippen molar-refractivity contribution in [2.75, 3.05) is 57.4 Å². The third-order valence-electron chi connectivity index (χ3n) is 7.64. The highest BCUT2D eigenvalue weighted by atomic mass is 32.2. The summed E-state index contributed by atoms with van der Waals surface area (Å²) in [6, 6.07) is 14.8. The molecule has 5 rings (SSSR count). The number of fused-ring (bicyclic) bond motifs is 1. The summed E-state index contributed by atoms with van der Waals surface area (Å²) in [5.41, 5.74) is 1.24. The molecule has 2 fully saturated rings. The minimum Gasteiger partial charge on any atom is -0.491 e. The van der Waals surface area contributed by atoms with Crippen LogP contribution in [0.1, 0.15) is 18.4 Å². The minimum atomic E-state index is -3.98. The number of aliphatic hydroxyl groups excluding tert-OH is 3. The molecule has 1 spiro atoms. The Morgan fingerprint density at radius 3 is 2.42 bits per heavy atom. The largest absolute Gasteiger partial charge is 0.491 e. The standard InChI is InChI=1S/C27H37N3O7S/c31-22-15-28-38(34,35)26-7-6-21(30-8-10-36-11-9-30)12-25(26)37-19-27(13-23(32)24(33)14-27)18-29(17-22)16-20-4-2-1-3-5-20/h1-7,12,22-24,28,31-33H,8-11,13-19H2/t22-,23-,24+,27?/m0/s1. The first kappa shape index (κ1) is 27.3. The van der Waals surface area contributed by atoms with Crippen LogP contribution >= 0.6 is 0 Å². The van der Waals surface area contributed by atoms with Crippen molar-refractivity contribution in [2.24, 2.45) is 5.41 Å². The van der Waals surface area contributed by atoms with Crippen LogP contribution in [0.3, 0.4) is 0 Å². The molecular weight excluding hydrogens is 510 g/mol. The molecule has 0 bridgehead atoms. The summed E-state index contributed by atoms with van der Waals surface area (Å²) in [4.78, 5) is 4.17. The van der Waals surface area contributed by atoms with E-state index in [4.69, 9.17) is 9.47 Å². The fraction of sp³-hybridized carbons (Fsp3) is 0.556. The number of benzene rings is 2. The molecule has 11 heteroatoms. The van der Waals surface area contributed by atoms with Gasteiger partial charge in [0.25, 0.3) is 0 Å². The van der Waals surface area contributed by atoms with Crippen LogP contribution in [0.2, 0.25) is 0 Å². The first-order valence-electron chi connectivity index (χ1n) is 13.1. The number of morpholine rings is 1. The van der Waals surface area contributed by atoms with Crippen LogP contribution in [-0.2, 0) is 21.3 Å². The van der Waals surface area contributed by atoms with Crippen molar-refractivity contribution in [3.05, 3.63) is 54.1 Å². The van der Waals surface area contributed by atoms with Crippen molar-refractivity contribution in [1.82, 2.24) is 9.62 Å². The van der Waals surface area contributed by atoms with Crippen LogP contribution in [0.4, 0.5) is 5.69 Å². The smallest absolute Gasteiger partial charge is 0.244 e. The number of anilines is 1. The first-order valence-corrected chi connectivity index (χ1v) is 14.6. The molecule has 3 aliphatic rings. The van der Waals surface area contributed by atoms with Gasteiger partial charge in [-0.15, -0.1) is 0 Å². The SMILES string of the molecule is O=S1(=O)NC[C@H](O)CN(Cc2ccccc2)CC2(COc3cc(N4CCOCC4)ccc31)C[C@@H](O)[C@@H](O)C2. The Labute approximate surface area is 223 Å². The topological polar surface area (TPSA) is 132 Å². The van der Waals surface area contributed by atoms with Gasteiger partial charge in [0.1, 0.15) is 10.6 Å². The van der Waals surface area contributed by atoms with Crippen molar-refractivity contribution < 1.29 is 33.2 Å². The van der Waals surface area contributed by atoms with Crippen LogP contribution in [-0.4, -0.2) is 99.5 Å². The molecule has 0 aromatic heterocycles. The van der Waals surface area contributed by atoms with E-state index in [1.807, 2.05) is 30.3 Å². The lowest BCUT2D eigenvalue weighted by molar-refractivity contribution is 0.0427. The van der Waals surface area contributed by atoms with Gasteiger partial charge in [-0.25, -0.2) is 13.1 Å². The molecule has 38 heavy (non-hydrogen) atoms. The number of rotatable bonds is 3. The van der Waals surface area contributed by atoms with Crippen LogP contribution in [0.25, 0.3) is 0 Å². The second-order valence-corrected chi connectivity index (χ2v) is 12.5. The van der Waals surface area contributed by atoms with E-state index in [2.05, 4.69) is 14.5 Å². The monoisotopic (exact) mass is 547 g/mol. The van der Waals surface area contributed by atoms with Gasteiger partial charge in [0.05, 0.1) is 38.1 Å². The number of hydrogen-bond donors (Lipinski definition) is 4. The third-order valence-corrected chi connectivity index (χ3v) is 9.10. The van der Waals surface area contributed by atoms with Crippen molar-refractivity contribution in [3.63, 3.8) is 0 Å². The number of sulfonamides is 1. The van der Waals surface area contributed by atoms with Gasteiger partial charge in [-0.2, -0.15) is 0 Å². The maximum Gasteiger partial charge on any atom is 0.244 e. The zero-order chi connectivity index (χ0) is 26.8. The highest BCUT2D eigenvalue weighted by molar-refractivity contribution is 7.89. The Morgan fingerprint density at radius 2 is 1.71 bits per heavy atom. The molecule has 1 unspecified atom stereocenters. The van der Waals surface area contributed by atoms with Gasteiger partial charge < -0.3 is 29.7 Å². The molecule has 4 N–H and O–H groups in total. The third kappa shape index (κ3) is 6.31. The lowest BCUT2D eigenvalue weighted by atomic mass is 9.85. The first-order chi connectivity index (χ1) is 18.2. The van der Waals surface area contributed by atoms with Crippen LogP contribution in [0.5, 0.6) is 5.75 Å². The molecule has 2 aromatic rings. The van der Waals surface area contributed by atoms with E-state index in [0.717, 1.165) is 11.3 Å².